The monoisotopic (exact) mass is 275 g/mol. The standard InChI is InChI=1S/C15H14ClNO2/c1-10-6-12(8-13(17)7-10)15(18)19-9-11-4-2-3-5-14(11)16/h2-8H,9,17H2,1H3. The molecule has 0 spiro atoms. The first-order valence-electron chi connectivity index (χ1n) is 5.84. The quantitative estimate of drug-likeness (QED) is 0.688. The summed E-state index contributed by atoms with van der Waals surface area (Å²) in [5, 5.41) is 0.582. The van der Waals surface area contributed by atoms with Crippen LogP contribution in [-0.2, 0) is 11.3 Å². The van der Waals surface area contributed by atoms with Gasteiger partial charge >= 0.3 is 5.97 Å². The maximum atomic E-state index is 11.9. The first-order chi connectivity index (χ1) is 9.06. The molecule has 0 aromatic heterocycles. The Morgan fingerprint density at radius 1 is 1.26 bits per heavy atom. The molecular weight excluding hydrogens is 262 g/mol. The van der Waals surface area contributed by atoms with Crippen LogP contribution in [0.5, 0.6) is 0 Å². The summed E-state index contributed by atoms with van der Waals surface area (Å²) < 4.78 is 5.23. The van der Waals surface area contributed by atoms with E-state index in [4.69, 9.17) is 22.1 Å². The Balaban J connectivity index is 2.08. The van der Waals surface area contributed by atoms with Crippen molar-refractivity contribution in [2.24, 2.45) is 0 Å². The molecule has 0 aliphatic heterocycles. The predicted octanol–water partition coefficient (Wildman–Crippen LogP) is 3.59. The van der Waals surface area contributed by atoms with E-state index in [1.54, 1.807) is 24.3 Å². The minimum Gasteiger partial charge on any atom is -0.457 e. The van der Waals surface area contributed by atoms with Gasteiger partial charge in [-0.3, -0.25) is 0 Å². The molecule has 2 N–H and O–H groups in total. The van der Waals surface area contributed by atoms with Gasteiger partial charge in [0.1, 0.15) is 6.61 Å². The average Bonchev–Trinajstić information content (AvgIpc) is 2.36. The molecular formula is C15H14ClNO2. The average molecular weight is 276 g/mol. The number of halogens is 1. The molecule has 0 radical (unpaired) electrons. The minimum atomic E-state index is -0.407. The van der Waals surface area contributed by atoms with Crippen molar-refractivity contribution in [1.82, 2.24) is 0 Å². The third-order valence-corrected chi connectivity index (χ3v) is 3.02. The lowest BCUT2D eigenvalue weighted by atomic mass is 10.1. The fourth-order valence-corrected chi connectivity index (χ4v) is 1.96. The Hall–Kier alpha value is -2.00. The molecule has 19 heavy (non-hydrogen) atoms. The molecule has 0 heterocycles. The normalized spacial score (nSPS) is 10.2. The third kappa shape index (κ3) is 3.48. The number of carbonyl (C=O) groups excluding carboxylic acids is 1. The molecule has 3 nitrogen and oxygen atoms in total. The van der Waals surface area contributed by atoms with E-state index < -0.39 is 5.97 Å². The second-order valence-corrected chi connectivity index (χ2v) is 4.71. The van der Waals surface area contributed by atoms with Crippen molar-refractivity contribution in [3.05, 3.63) is 64.2 Å². The van der Waals surface area contributed by atoms with E-state index in [2.05, 4.69) is 0 Å². The summed E-state index contributed by atoms with van der Waals surface area (Å²) in [5.74, 6) is -0.407. The highest BCUT2D eigenvalue weighted by Crippen LogP contribution is 2.17. The number of ether oxygens (including phenoxy) is 1. The number of hydrogen-bond acceptors (Lipinski definition) is 3. The zero-order valence-corrected chi connectivity index (χ0v) is 11.3. The lowest BCUT2D eigenvalue weighted by Gasteiger charge is -2.07. The molecule has 0 saturated carbocycles. The molecule has 0 saturated heterocycles. The van der Waals surface area contributed by atoms with Gasteiger partial charge < -0.3 is 10.5 Å². The number of nitrogen functional groups attached to an aromatic ring is 1. The number of hydrogen-bond donors (Lipinski definition) is 1. The van der Waals surface area contributed by atoms with Crippen molar-refractivity contribution in [2.45, 2.75) is 13.5 Å². The smallest absolute Gasteiger partial charge is 0.338 e. The van der Waals surface area contributed by atoms with E-state index in [9.17, 15) is 4.79 Å². The van der Waals surface area contributed by atoms with E-state index >= 15 is 0 Å². The van der Waals surface area contributed by atoms with E-state index in [1.807, 2.05) is 25.1 Å². The van der Waals surface area contributed by atoms with Crippen molar-refractivity contribution in [2.75, 3.05) is 5.73 Å². The second kappa shape index (κ2) is 5.76. The van der Waals surface area contributed by atoms with Crippen molar-refractivity contribution < 1.29 is 9.53 Å². The maximum absolute atomic E-state index is 11.9. The van der Waals surface area contributed by atoms with Crippen LogP contribution in [0.15, 0.2) is 42.5 Å². The highest BCUT2D eigenvalue weighted by molar-refractivity contribution is 6.31. The van der Waals surface area contributed by atoms with Crippen molar-refractivity contribution >= 4 is 23.3 Å². The first-order valence-corrected chi connectivity index (χ1v) is 6.22. The van der Waals surface area contributed by atoms with Gasteiger partial charge in [0.15, 0.2) is 0 Å². The fourth-order valence-electron chi connectivity index (χ4n) is 1.77. The van der Waals surface area contributed by atoms with Gasteiger partial charge in [-0.15, -0.1) is 0 Å². The number of nitrogens with two attached hydrogens (primary N) is 1. The predicted molar refractivity (Wildman–Crippen MR) is 76.2 cm³/mol. The van der Waals surface area contributed by atoms with Crippen molar-refractivity contribution in [3.63, 3.8) is 0 Å². The summed E-state index contributed by atoms with van der Waals surface area (Å²) in [4.78, 5) is 11.9. The number of aryl methyl sites for hydroxylation is 1. The molecule has 0 aliphatic carbocycles. The van der Waals surface area contributed by atoms with Crippen molar-refractivity contribution in [3.8, 4) is 0 Å². The zero-order valence-electron chi connectivity index (χ0n) is 10.5. The van der Waals surface area contributed by atoms with Gasteiger partial charge in [-0.05, 0) is 36.8 Å². The van der Waals surface area contributed by atoms with Gasteiger partial charge in [-0.25, -0.2) is 4.79 Å². The summed E-state index contributed by atoms with van der Waals surface area (Å²) in [6.45, 7) is 2.02. The van der Waals surface area contributed by atoms with Crippen LogP contribution in [0.2, 0.25) is 5.02 Å². The maximum Gasteiger partial charge on any atom is 0.338 e. The van der Waals surface area contributed by atoms with Crippen LogP contribution in [0.3, 0.4) is 0 Å². The number of esters is 1. The molecule has 4 heteroatoms. The summed E-state index contributed by atoms with van der Waals surface area (Å²) >= 11 is 5.99. The molecule has 0 fully saturated rings. The van der Waals surface area contributed by atoms with Crippen LogP contribution in [0, 0.1) is 6.92 Å². The number of benzene rings is 2. The lowest BCUT2D eigenvalue weighted by molar-refractivity contribution is 0.0473. The van der Waals surface area contributed by atoms with Gasteiger partial charge in [-0.1, -0.05) is 29.8 Å². The van der Waals surface area contributed by atoms with Gasteiger partial charge in [0.2, 0.25) is 0 Å². The Kier molecular flexibility index (Phi) is 4.07. The Bertz CT molecular complexity index is 591. The minimum absolute atomic E-state index is 0.145. The summed E-state index contributed by atoms with van der Waals surface area (Å²) in [5.41, 5.74) is 8.39. The van der Waals surface area contributed by atoms with E-state index in [1.165, 1.54) is 0 Å². The molecule has 0 atom stereocenters. The van der Waals surface area contributed by atoms with Crippen LogP contribution in [0.4, 0.5) is 5.69 Å². The highest BCUT2D eigenvalue weighted by Gasteiger charge is 2.09. The molecule has 0 amide bonds. The SMILES string of the molecule is Cc1cc(N)cc(C(=O)OCc2ccccc2Cl)c1. The van der Waals surface area contributed by atoms with Gasteiger partial charge in [-0.2, -0.15) is 0 Å². The summed E-state index contributed by atoms with van der Waals surface area (Å²) in [6.07, 6.45) is 0. The topological polar surface area (TPSA) is 52.3 Å². The van der Waals surface area contributed by atoms with E-state index in [-0.39, 0.29) is 6.61 Å². The number of carbonyl (C=O) groups is 1. The molecule has 0 aliphatic rings. The van der Waals surface area contributed by atoms with E-state index in [0.29, 0.717) is 16.3 Å². The third-order valence-electron chi connectivity index (χ3n) is 2.65. The van der Waals surface area contributed by atoms with Crippen LogP contribution in [0.25, 0.3) is 0 Å². The Morgan fingerprint density at radius 3 is 2.68 bits per heavy atom. The lowest BCUT2D eigenvalue weighted by Crippen LogP contribution is -2.06. The molecule has 0 unspecified atom stereocenters. The number of rotatable bonds is 3. The van der Waals surface area contributed by atoms with Gasteiger partial charge in [0.25, 0.3) is 0 Å². The molecule has 2 aromatic rings. The molecule has 2 aromatic carbocycles. The Morgan fingerprint density at radius 2 is 2.00 bits per heavy atom. The van der Waals surface area contributed by atoms with Crippen LogP contribution in [-0.4, -0.2) is 5.97 Å². The fraction of sp³-hybridized carbons (Fsp3) is 0.133. The van der Waals surface area contributed by atoms with Crippen molar-refractivity contribution in [1.29, 1.82) is 0 Å². The molecule has 0 bridgehead atoms. The Labute approximate surface area is 117 Å². The van der Waals surface area contributed by atoms with Gasteiger partial charge in [0.05, 0.1) is 5.56 Å². The summed E-state index contributed by atoms with van der Waals surface area (Å²) in [6, 6.07) is 12.4. The van der Waals surface area contributed by atoms with Crippen LogP contribution in [0.1, 0.15) is 21.5 Å². The van der Waals surface area contributed by atoms with Crippen LogP contribution >= 0.6 is 11.6 Å². The molecule has 2 rings (SSSR count). The zero-order chi connectivity index (χ0) is 13.8. The largest absolute Gasteiger partial charge is 0.457 e. The van der Waals surface area contributed by atoms with E-state index in [0.717, 1.165) is 11.1 Å². The second-order valence-electron chi connectivity index (χ2n) is 4.30. The first kappa shape index (κ1) is 13.4. The number of anilines is 1. The molecule has 98 valence electrons. The van der Waals surface area contributed by atoms with Gasteiger partial charge in [0, 0.05) is 16.3 Å². The summed E-state index contributed by atoms with van der Waals surface area (Å²) in [7, 11) is 0. The highest BCUT2D eigenvalue weighted by atomic mass is 35.5. The van der Waals surface area contributed by atoms with Crippen LogP contribution < -0.4 is 5.73 Å².